The van der Waals surface area contributed by atoms with Crippen LogP contribution in [0.3, 0.4) is 0 Å². The lowest BCUT2D eigenvalue weighted by atomic mass is 10.1. The molecule has 0 saturated carbocycles. The van der Waals surface area contributed by atoms with Crippen LogP contribution in [0.4, 0.5) is 0 Å². The van der Waals surface area contributed by atoms with E-state index in [2.05, 4.69) is 4.98 Å². The summed E-state index contributed by atoms with van der Waals surface area (Å²) in [5.74, 6) is -0.819. The Kier molecular flexibility index (Phi) is 3.19. The van der Waals surface area contributed by atoms with Crippen molar-refractivity contribution in [3.05, 3.63) is 16.6 Å². The number of aromatic nitrogens is 1. The molecule has 0 bridgehead atoms. The Morgan fingerprint density at radius 3 is 3.08 bits per heavy atom. The molecule has 66 valence electrons. The number of rotatable bonds is 4. The molecule has 0 aliphatic heterocycles. The van der Waals surface area contributed by atoms with Gasteiger partial charge in [-0.3, -0.25) is 4.79 Å². The van der Waals surface area contributed by atoms with Crippen molar-refractivity contribution in [2.75, 3.05) is 0 Å². The summed E-state index contributed by atoms with van der Waals surface area (Å²) in [7, 11) is 0. The third kappa shape index (κ3) is 2.60. The molecule has 0 aliphatic carbocycles. The van der Waals surface area contributed by atoms with Gasteiger partial charge in [-0.05, 0) is 6.42 Å². The minimum Gasteiger partial charge on any atom is -0.481 e. The van der Waals surface area contributed by atoms with E-state index in [0.717, 1.165) is 5.69 Å². The van der Waals surface area contributed by atoms with Crippen LogP contribution in [-0.4, -0.2) is 16.1 Å². The molecular formula is C7H10N2O2S. The second kappa shape index (κ2) is 4.18. The standard InChI is InChI=1S/C7H10N2O2S/c8-5(1-2-7(10)11)6-3-12-4-9-6/h3-5H,1-2,8H2,(H,10,11). The summed E-state index contributed by atoms with van der Waals surface area (Å²) >= 11 is 1.46. The zero-order valence-corrected chi connectivity index (χ0v) is 7.25. The van der Waals surface area contributed by atoms with E-state index in [1.807, 2.05) is 5.38 Å². The van der Waals surface area contributed by atoms with Gasteiger partial charge in [-0.15, -0.1) is 11.3 Å². The van der Waals surface area contributed by atoms with E-state index in [-0.39, 0.29) is 12.5 Å². The number of aliphatic carboxylic acids is 1. The minimum atomic E-state index is -0.819. The van der Waals surface area contributed by atoms with Gasteiger partial charge in [0.25, 0.3) is 0 Å². The third-order valence-corrected chi connectivity index (χ3v) is 2.11. The van der Waals surface area contributed by atoms with Crippen LogP contribution in [0.15, 0.2) is 10.9 Å². The Hall–Kier alpha value is -0.940. The van der Waals surface area contributed by atoms with E-state index in [9.17, 15) is 4.79 Å². The molecule has 0 aromatic carbocycles. The molecule has 4 nitrogen and oxygen atoms in total. The number of nitrogens with zero attached hydrogens (tertiary/aromatic N) is 1. The molecule has 0 aliphatic rings. The van der Waals surface area contributed by atoms with Crippen molar-refractivity contribution < 1.29 is 9.90 Å². The van der Waals surface area contributed by atoms with Crippen molar-refractivity contribution >= 4 is 17.3 Å². The normalized spacial score (nSPS) is 12.8. The molecule has 0 fully saturated rings. The van der Waals surface area contributed by atoms with Crippen molar-refractivity contribution in [3.63, 3.8) is 0 Å². The summed E-state index contributed by atoms with van der Waals surface area (Å²) in [5, 5.41) is 10.2. The predicted molar refractivity (Wildman–Crippen MR) is 45.9 cm³/mol. The summed E-state index contributed by atoms with van der Waals surface area (Å²) in [6, 6.07) is -0.243. The molecule has 1 rings (SSSR count). The molecule has 1 heterocycles. The van der Waals surface area contributed by atoms with Gasteiger partial charge in [0.1, 0.15) is 0 Å². The number of carbonyl (C=O) groups is 1. The van der Waals surface area contributed by atoms with Crippen LogP contribution < -0.4 is 5.73 Å². The van der Waals surface area contributed by atoms with E-state index >= 15 is 0 Å². The summed E-state index contributed by atoms with van der Waals surface area (Å²) in [5.41, 5.74) is 8.14. The first kappa shape index (κ1) is 9.15. The first-order valence-corrected chi connectivity index (χ1v) is 4.50. The van der Waals surface area contributed by atoms with Crippen LogP contribution in [0, 0.1) is 0 Å². The minimum absolute atomic E-state index is 0.0959. The average Bonchev–Trinajstić information content (AvgIpc) is 2.51. The maximum atomic E-state index is 10.2. The van der Waals surface area contributed by atoms with Crippen LogP contribution in [0.2, 0.25) is 0 Å². The predicted octanol–water partition coefficient (Wildman–Crippen LogP) is 1.01. The Bertz CT molecular complexity index is 248. The van der Waals surface area contributed by atoms with Gasteiger partial charge in [-0.1, -0.05) is 0 Å². The highest BCUT2D eigenvalue weighted by Gasteiger charge is 2.09. The second-order valence-electron chi connectivity index (χ2n) is 2.45. The quantitative estimate of drug-likeness (QED) is 0.735. The van der Waals surface area contributed by atoms with Crippen molar-refractivity contribution in [1.29, 1.82) is 0 Å². The molecule has 1 unspecified atom stereocenters. The molecule has 3 N–H and O–H groups in total. The maximum absolute atomic E-state index is 10.2. The topological polar surface area (TPSA) is 76.2 Å². The average molecular weight is 186 g/mol. The van der Waals surface area contributed by atoms with Gasteiger partial charge in [0.2, 0.25) is 0 Å². The van der Waals surface area contributed by atoms with E-state index in [0.29, 0.717) is 6.42 Å². The van der Waals surface area contributed by atoms with E-state index in [1.54, 1.807) is 5.51 Å². The molecule has 1 atom stereocenters. The molecule has 1 aromatic heterocycles. The van der Waals surface area contributed by atoms with Gasteiger partial charge in [0, 0.05) is 17.8 Å². The Morgan fingerprint density at radius 1 is 1.83 bits per heavy atom. The van der Waals surface area contributed by atoms with Crippen molar-refractivity contribution in [2.24, 2.45) is 5.73 Å². The third-order valence-electron chi connectivity index (χ3n) is 1.50. The zero-order valence-electron chi connectivity index (χ0n) is 6.43. The van der Waals surface area contributed by atoms with Crippen LogP contribution in [0.5, 0.6) is 0 Å². The fourth-order valence-electron chi connectivity index (χ4n) is 0.832. The number of thiazole rings is 1. The summed E-state index contributed by atoms with van der Waals surface area (Å²) in [6.45, 7) is 0. The first-order chi connectivity index (χ1) is 5.70. The molecule has 12 heavy (non-hydrogen) atoms. The Morgan fingerprint density at radius 2 is 2.58 bits per heavy atom. The fourth-order valence-corrected chi connectivity index (χ4v) is 1.45. The van der Waals surface area contributed by atoms with Crippen LogP contribution >= 0.6 is 11.3 Å². The first-order valence-electron chi connectivity index (χ1n) is 3.55. The molecule has 0 saturated heterocycles. The number of hydrogen-bond donors (Lipinski definition) is 2. The molecule has 0 spiro atoms. The van der Waals surface area contributed by atoms with E-state index in [4.69, 9.17) is 10.8 Å². The maximum Gasteiger partial charge on any atom is 0.303 e. The zero-order chi connectivity index (χ0) is 8.97. The van der Waals surface area contributed by atoms with E-state index in [1.165, 1.54) is 11.3 Å². The number of hydrogen-bond acceptors (Lipinski definition) is 4. The largest absolute Gasteiger partial charge is 0.481 e. The molecule has 0 radical (unpaired) electrons. The fraction of sp³-hybridized carbons (Fsp3) is 0.429. The number of nitrogens with two attached hydrogens (primary N) is 1. The van der Waals surface area contributed by atoms with Crippen LogP contribution in [-0.2, 0) is 4.79 Å². The number of carboxylic acids is 1. The van der Waals surface area contributed by atoms with Gasteiger partial charge in [-0.2, -0.15) is 0 Å². The van der Waals surface area contributed by atoms with Crippen molar-refractivity contribution in [1.82, 2.24) is 4.98 Å². The Balaban J connectivity index is 2.39. The smallest absolute Gasteiger partial charge is 0.303 e. The highest BCUT2D eigenvalue weighted by atomic mass is 32.1. The van der Waals surface area contributed by atoms with Gasteiger partial charge < -0.3 is 10.8 Å². The van der Waals surface area contributed by atoms with E-state index < -0.39 is 5.97 Å². The molecule has 5 heteroatoms. The monoisotopic (exact) mass is 186 g/mol. The molecule has 0 amide bonds. The highest BCUT2D eigenvalue weighted by molar-refractivity contribution is 7.07. The summed E-state index contributed by atoms with van der Waals surface area (Å²) < 4.78 is 0. The lowest BCUT2D eigenvalue weighted by Crippen LogP contribution is -2.12. The molecule has 1 aromatic rings. The van der Waals surface area contributed by atoms with Crippen LogP contribution in [0.25, 0.3) is 0 Å². The number of carboxylic acid groups (broad SMARTS) is 1. The Labute approximate surface area is 74.0 Å². The van der Waals surface area contributed by atoms with Gasteiger partial charge in [0.05, 0.1) is 11.2 Å². The highest BCUT2D eigenvalue weighted by Crippen LogP contribution is 2.14. The van der Waals surface area contributed by atoms with Gasteiger partial charge in [-0.25, -0.2) is 4.98 Å². The summed E-state index contributed by atoms with van der Waals surface area (Å²) in [4.78, 5) is 14.2. The molecular weight excluding hydrogens is 176 g/mol. The SMILES string of the molecule is NC(CCC(=O)O)c1cscn1. The van der Waals surface area contributed by atoms with Gasteiger partial charge >= 0.3 is 5.97 Å². The summed E-state index contributed by atoms with van der Waals surface area (Å²) in [6.07, 6.45) is 0.539. The second-order valence-corrected chi connectivity index (χ2v) is 3.17. The van der Waals surface area contributed by atoms with Crippen molar-refractivity contribution in [3.8, 4) is 0 Å². The van der Waals surface area contributed by atoms with Crippen molar-refractivity contribution in [2.45, 2.75) is 18.9 Å². The van der Waals surface area contributed by atoms with Crippen LogP contribution in [0.1, 0.15) is 24.6 Å². The van der Waals surface area contributed by atoms with Gasteiger partial charge in [0.15, 0.2) is 0 Å². The lowest BCUT2D eigenvalue weighted by Gasteiger charge is -2.05. The lowest BCUT2D eigenvalue weighted by molar-refractivity contribution is -0.137.